The van der Waals surface area contributed by atoms with Gasteiger partial charge in [0.15, 0.2) is 0 Å². The average Bonchev–Trinajstić information content (AvgIpc) is 2.57. The van der Waals surface area contributed by atoms with Gasteiger partial charge in [0.1, 0.15) is 0 Å². The van der Waals surface area contributed by atoms with Crippen molar-refractivity contribution in [2.75, 3.05) is 6.61 Å². The molecular formula is C21H38O7P2. The van der Waals surface area contributed by atoms with Gasteiger partial charge in [-0.2, -0.15) is 4.31 Å². The van der Waals surface area contributed by atoms with Gasteiger partial charge in [-0.05, 0) is 85.6 Å². The fourth-order valence-corrected chi connectivity index (χ4v) is 4.17. The van der Waals surface area contributed by atoms with E-state index in [0.717, 1.165) is 49.7 Å². The van der Waals surface area contributed by atoms with Gasteiger partial charge in [-0.25, -0.2) is 9.13 Å². The summed E-state index contributed by atoms with van der Waals surface area (Å²) in [7, 11) is -9.89. The van der Waals surface area contributed by atoms with Crippen LogP contribution in [0.15, 0.2) is 46.1 Å². The lowest BCUT2D eigenvalue weighted by molar-refractivity contribution is 0.188. The highest BCUT2D eigenvalue weighted by atomic mass is 31.3. The molecule has 0 amide bonds. The molecule has 0 aliphatic rings. The van der Waals surface area contributed by atoms with Crippen molar-refractivity contribution in [1.82, 2.24) is 0 Å². The van der Waals surface area contributed by atoms with E-state index in [-0.39, 0.29) is 6.61 Å². The van der Waals surface area contributed by atoms with Crippen molar-refractivity contribution in [3.05, 3.63) is 46.1 Å². The van der Waals surface area contributed by atoms with E-state index < -0.39 is 15.6 Å². The zero-order valence-corrected chi connectivity index (χ0v) is 20.8. The van der Waals surface area contributed by atoms with Crippen molar-refractivity contribution in [3.8, 4) is 0 Å². The fraction of sp³-hybridized carbons (Fsp3) is 0.619. The van der Waals surface area contributed by atoms with Crippen LogP contribution in [0, 0.1) is 0 Å². The summed E-state index contributed by atoms with van der Waals surface area (Å²) in [5, 5.41) is 0. The van der Waals surface area contributed by atoms with E-state index in [4.69, 9.17) is 9.79 Å². The normalized spacial score (nSPS) is 16.2. The molecule has 0 heterocycles. The van der Waals surface area contributed by atoms with E-state index in [1.165, 1.54) is 16.7 Å². The molecular weight excluding hydrogens is 426 g/mol. The fourth-order valence-electron chi connectivity index (χ4n) is 2.55. The number of rotatable bonds is 14. The Morgan fingerprint density at radius 3 is 1.67 bits per heavy atom. The van der Waals surface area contributed by atoms with E-state index in [9.17, 15) is 14.0 Å². The molecule has 0 radical (unpaired) electrons. The molecule has 0 aliphatic carbocycles. The minimum Gasteiger partial charge on any atom is -0.302 e. The van der Waals surface area contributed by atoms with Crippen LogP contribution in [-0.4, -0.2) is 21.3 Å². The second kappa shape index (κ2) is 14.3. The van der Waals surface area contributed by atoms with Gasteiger partial charge in [0.05, 0.1) is 6.61 Å². The van der Waals surface area contributed by atoms with Crippen LogP contribution in [0.1, 0.15) is 80.1 Å². The average molecular weight is 464 g/mol. The van der Waals surface area contributed by atoms with Crippen molar-refractivity contribution in [2.24, 2.45) is 0 Å². The van der Waals surface area contributed by atoms with Crippen molar-refractivity contribution in [3.63, 3.8) is 0 Å². The molecule has 0 aromatic carbocycles. The van der Waals surface area contributed by atoms with Crippen LogP contribution in [-0.2, 0) is 18.0 Å². The van der Waals surface area contributed by atoms with Crippen LogP contribution in [0.25, 0.3) is 0 Å². The molecule has 0 spiro atoms. The molecule has 0 fully saturated rings. The first-order valence-electron chi connectivity index (χ1n) is 10.1. The predicted molar refractivity (Wildman–Crippen MR) is 122 cm³/mol. The molecule has 7 nitrogen and oxygen atoms in total. The van der Waals surface area contributed by atoms with E-state index in [0.29, 0.717) is 0 Å². The maximum absolute atomic E-state index is 11.5. The first-order valence-corrected chi connectivity index (χ1v) is 13.1. The molecule has 0 aromatic heterocycles. The van der Waals surface area contributed by atoms with Gasteiger partial charge in [0.2, 0.25) is 0 Å². The molecule has 30 heavy (non-hydrogen) atoms. The van der Waals surface area contributed by atoms with E-state index in [1.54, 1.807) is 6.92 Å². The summed E-state index contributed by atoms with van der Waals surface area (Å²) in [5.41, 5.74) is 5.80. The Labute approximate surface area is 181 Å². The second-order valence-electron chi connectivity index (χ2n) is 7.87. The highest BCUT2D eigenvalue weighted by Gasteiger charge is 2.32. The lowest BCUT2D eigenvalue weighted by Gasteiger charge is -2.13. The van der Waals surface area contributed by atoms with E-state index in [1.807, 2.05) is 6.92 Å². The largest absolute Gasteiger partial charge is 0.481 e. The van der Waals surface area contributed by atoms with Crippen LogP contribution < -0.4 is 0 Å². The third-order valence-electron chi connectivity index (χ3n) is 4.52. The highest BCUT2D eigenvalue weighted by Crippen LogP contribution is 2.57. The molecule has 174 valence electrons. The Balaban J connectivity index is 4.40. The van der Waals surface area contributed by atoms with Crippen LogP contribution in [0.5, 0.6) is 0 Å². The van der Waals surface area contributed by atoms with Crippen molar-refractivity contribution < 1.29 is 32.6 Å². The molecule has 9 heteroatoms. The molecule has 0 bridgehead atoms. The van der Waals surface area contributed by atoms with Gasteiger partial charge < -0.3 is 14.7 Å². The molecule has 0 aliphatic heterocycles. The first kappa shape index (κ1) is 29.2. The van der Waals surface area contributed by atoms with Crippen LogP contribution in [0.4, 0.5) is 0 Å². The zero-order valence-electron chi connectivity index (χ0n) is 19.1. The summed E-state index contributed by atoms with van der Waals surface area (Å²) >= 11 is 0. The summed E-state index contributed by atoms with van der Waals surface area (Å²) in [6.45, 7) is 11.9. The molecule has 3 N–H and O–H groups in total. The maximum atomic E-state index is 11.5. The Bertz CT molecular complexity index is 753. The molecule has 1 atom stereocenters. The number of phosphoric acid groups is 2. The van der Waals surface area contributed by atoms with Crippen molar-refractivity contribution in [1.29, 1.82) is 0 Å². The highest BCUT2D eigenvalue weighted by molar-refractivity contribution is 7.60. The van der Waals surface area contributed by atoms with Crippen LogP contribution in [0.3, 0.4) is 0 Å². The molecule has 1 unspecified atom stereocenters. The Morgan fingerprint density at radius 1 is 0.733 bits per heavy atom. The van der Waals surface area contributed by atoms with Crippen LogP contribution in [0.2, 0.25) is 0 Å². The second-order valence-corrected chi connectivity index (χ2v) is 10.7. The lowest BCUT2D eigenvalue weighted by atomic mass is 10.0. The third kappa shape index (κ3) is 17.0. The SMILES string of the molecule is CC(C)=CCC/C(C)=C/CC/C(C)=C/CCC(C)=C(C)COP(=O)(O)OP(=O)(O)O. The first-order chi connectivity index (χ1) is 13.7. The topological polar surface area (TPSA) is 113 Å². The number of hydrogen-bond donors (Lipinski definition) is 3. The summed E-state index contributed by atoms with van der Waals surface area (Å²) in [6, 6.07) is 0. The van der Waals surface area contributed by atoms with Gasteiger partial charge in [-0.3, -0.25) is 4.52 Å². The van der Waals surface area contributed by atoms with Gasteiger partial charge >= 0.3 is 15.6 Å². The van der Waals surface area contributed by atoms with Gasteiger partial charge in [-0.1, -0.05) is 40.5 Å². The number of phosphoric ester groups is 1. The van der Waals surface area contributed by atoms with Gasteiger partial charge in [0.25, 0.3) is 0 Å². The monoisotopic (exact) mass is 464 g/mol. The lowest BCUT2D eigenvalue weighted by Crippen LogP contribution is -1.99. The molecule has 0 aromatic rings. The number of hydrogen-bond acceptors (Lipinski definition) is 4. The summed E-state index contributed by atoms with van der Waals surface area (Å²) in [5.74, 6) is 0. The number of allylic oxidation sites excluding steroid dienone is 7. The van der Waals surface area contributed by atoms with E-state index in [2.05, 4.69) is 54.8 Å². The smallest absolute Gasteiger partial charge is 0.302 e. The summed E-state index contributed by atoms with van der Waals surface area (Å²) in [6.07, 6.45) is 12.6. The summed E-state index contributed by atoms with van der Waals surface area (Å²) in [4.78, 5) is 26.5. The third-order valence-corrected chi connectivity index (χ3v) is 6.65. The minimum absolute atomic E-state index is 0.237. The molecule has 0 saturated heterocycles. The Hall–Kier alpha value is -0.780. The molecule has 0 saturated carbocycles. The maximum Gasteiger partial charge on any atom is 0.481 e. The Morgan fingerprint density at radius 2 is 1.20 bits per heavy atom. The quantitative estimate of drug-likeness (QED) is 0.192. The van der Waals surface area contributed by atoms with Crippen molar-refractivity contribution >= 4 is 15.6 Å². The predicted octanol–water partition coefficient (Wildman–Crippen LogP) is 6.75. The summed E-state index contributed by atoms with van der Waals surface area (Å²) < 4.78 is 30.5. The van der Waals surface area contributed by atoms with E-state index >= 15 is 0 Å². The molecule has 0 rings (SSSR count). The van der Waals surface area contributed by atoms with Crippen molar-refractivity contribution in [2.45, 2.75) is 80.1 Å². The Kier molecular flexibility index (Phi) is 13.9. The standard InChI is InChI=1S/C21H38O7P2/c1-17(2)10-7-11-18(3)12-8-13-19(4)14-9-15-20(5)21(6)16-27-30(25,26)28-29(22,23)24/h10,12,14H,7-9,11,13,15-16H2,1-6H3,(H,25,26)(H2,22,23,24)/b18-12+,19-14+,21-20?. The minimum atomic E-state index is -5.09. The zero-order chi connectivity index (χ0) is 23.4. The van der Waals surface area contributed by atoms with Gasteiger partial charge in [0, 0.05) is 0 Å². The van der Waals surface area contributed by atoms with Crippen LogP contribution >= 0.6 is 15.6 Å². The van der Waals surface area contributed by atoms with Gasteiger partial charge in [-0.15, -0.1) is 0 Å².